The maximum absolute atomic E-state index is 13.6. The highest BCUT2D eigenvalue weighted by atomic mass is 16.2. The van der Waals surface area contributed by atoms with Gasteiger partial charge in [0.25, 0.3) is 11.8 Å². The summed E-state index contributed by atoms with van der Waals surface area (Å²) in [4.78, 5) is 42.6. The highest BCUT2D eigenvalue weighted by Gasteiger charge is 2.44. The van der Waals surface area contributed by atoms with Crippen molar-refractivity contribution in [3.05, 3.63) is 101 Å². The molecular weight excluding hydrogens is 400 g/mol. The predicted octanol–water partition coefficient (Wildman–Crippen LogP) is 4.32. The fraction of sp³-hybridized carbons (Fsp3) is 0.222. The minimum Gasteiger partial charge on any atom is -0.326 e. The first kappa shape index (κ1) is 21.5. The molecule has 1 aliphatic heterocycles. The van der Waals surface area contributed by atoms with E-state index in [2.05, 4.69) is 0 Å². The maximum atomic E-state index is 13.6. The number of benzene rings is 3. The Bertz CT molecular complexity index is 1140. The molecule has 3 amide bonds. The van der Waals surface area contributed by atoms with E-state index in [1.807, 2.05) is 74.5 Å². The van der Waals surface area contributed by atoms with E-state index in [9.17, 15) is 14.4 Å². The zero-order valence-corrected chi connectivity index (χ0v) is 18.3. The average Bonchev–Trinajstić information content (AvgIpc) is 3.09. The van der Waals surface area contributed by atoms with Crippen LogP contribution < -0.4 is 4.90 Å². The SMILES string of the molecule is Cc1ccc(N2C(=O)CC(N(CCc3ccccc3)C(=O)c3ccccc3C)C2=O)cc1. The van der Waals surface area contributed by atoms with Crippen LogP contribution >= 0.6 is 0 Å². The second kappa shape index (κ2) is 9.18. The molecule has 5 nitrogen and oxygen atoms in total. The van der Waals surface area contributed by atoms with Crippen molar-refractivity contribution in [1.82, 2.24) is 4.90 Å². The summed E-state index contributed by atoms with van der Waals surface area (Å²) in [6.45, 7) is 4.18. The maximum Gasteiger partial charge on any atom is 0.257 e. The zero-order chi connectivity index (χ0) is 22.7. The summed E-state index contributed by atoms with van der Waals surface area (Å²) in [5, 5.41) is 0. The third kappa shape index (κ3) is 4.33. The molecule has 0 radical (unpaired) electrons. The molecule has 1 fully saturated rings. The summed E-state index contributed by atoms with van der Waals surface area (Å²) in [6, 6.07) is 23.6. The first-order valence-corrected chi connectivity index (χ1v) is 10.8. The summed E-state index contributed by atoms with van der Waals surface area (Å²) in [5.41, 5.74) is 4.05. The molecule has 1 aliphatic rings. The Balaban J connectivity index is 1.65. The van der Waals surface area contributed by atoms with Crippen LogP contribution in [0.25, 0.3) is 0 Å². The molecule has 32 heavy (non-hydrogen) atoms. The summed E-state index contributed by atoms with van der Waals surface area (Å²) in [7, 11) is 0. The second-order valence-corrected chi connectivity index (χ2v) is 8.17. The molecule has 1 saturated heterocycles. The van der Waals surface area contributed by atoms with Crippen LogP contribution in [0.5, 0.6) is 0 Å². The number of aryl methyl sites for hydroxylation is 2. The van der Waals surface area contributed by atoms with Crippen LogP contribution in [0, 0.1) is 13.8 Å². The van der Waals surface area contributed by atoms with Crippen LogP contribution in [0.1, 0.15) is 33.5 Å². The molecule has 4 rings (SSSR count). The van der Waals surface area contributed by atoms with Crippen molar-refractivity contribution >= 4 is 23.4 Å². The van der Waals surface area contributed by atoms with Gasteiger partial charge in [-0.05, 0) is 49.6 Å². The molecule has 0 spiro atoms. The number of anilines is 1. The quantitative estimate of drug-likeness (QED) is 0.552. The van der Waals surface area contributed by atoms with Crippen LogP contribution in [0.2, 0.25) is 0 Å². The van der Waals surface area contributed by atoms with Gasteiger partial charge in [0, 0.05) is 12.1 Å². The Hall–Kier alpha value is -3.73. The number of carbonyl (C=O) groups is 3. The zero-order valence-electron chi connectivity index (χ0n) is 18.3. The minimum absolute atomic E-state index is 0.0148. The van der Waals surface area contributed by atoms with E-state index in [0.29, 0.717) is 24.2 Å². The normalized spacial score (nSPS) is 15.8. The number of hydrogen-bond donors (Lipinski definition) is 0. The van der Waals surface area contributed by atoms with Gasteiger partial charge in [-0.1, -0.05) is 66.2 Å². The molecule has 0 saturated carbocycles. The van der Waals surface area contributed by atoms with Crippen LogP contribution in [-0.4, -0.2) is 35.2 Å². The molecule has 1 unspecified atom stereocenters. The lowest BCUT2D eigenvalue weighted by molar-refractivity contribution is -0.122. The number of imide groups is 1. The second-order valence-electron chi connectivity index (χ2n) is 8.17. The number of rotatable bonds is 6. The summed E-state index contributed by atoms with van der Waals surface area (Å²) in [5.74, 6) is -0.865. The third-order valence-electron chi connectivity index (χ3n) is 5.91. The standard InChI is InChI=1S/C27H26N2O3/c1-19-12-14-22(15-13-19)29-25(30)18-24(27(29)32)28(17-16-21-9-4-3-5-10-21)26(31)23-11-7-6-8-20(23)2/h3-15,24H,16-18H2,1-2H3. The van der Waals surface area contributed by atoms with E-state index < -0.39 is 6.04 Å². The average molecular weight is 427 g/mol. The highest BCUT2D eigenvalue weighted by molar-refractivity contribution is 6.23. The van der Waals surface area contributed by atoms with E-state index in [0.717, 1.165) is 16.7 Å². The molecule has 162 valence electrons. The molecule has 0 bridgehead atoms. The van der Waals surface area contributed by atoms with Gasteiger partial charge in [0.15, 0.2) is 0 Å². The monoisotopic (exact) mass is 426 g/mol. The molecular formula is C27H26N2O3. The van der Waals surface area contributed by atoms with Crippen molar-refractivity contribution in [3.63, 3.8) is 0 Å². The Morgan fingerprint density at radius 1 is 0.906 bits per heavy atom. The minimum atomic E-state index is -0.820. The van der Waals surface area contributed by atoms with Gasteiger partial charge in [-0.15, -0.1) is 0 Å². The summed E-state index contributed by atoms with van der Waals surface area (Å²) in [6.07, 6.45) is 0.583. The van der Waals surface area contributed by atoms with Crippen LogP contribution in [0.4, 0.5) is 5.69 Å². The molecule has 3 aromatic carbocycles. The van der Waals surface area contributed by atoms with Gasteiger partial charge in [-0.3, -0.25) is 14.4 Å². The first-order chi connectivity index (χ1) is 15.5. The fourth-order valence-corrected chi connectivity index (χ4v) is 4.09. The van der Waals surface area contributed by atoms with Gasteiger partial charge in [-0.2, -0.15) is 0 Å². The lowest BCUT2D eigenvalue weighted by Gasteiger charge is -2.28. The van der Waals surface area contributed by atoms with Crippen molar-refractivity contribution in [2.45, 2.75) is 32.7 Å². The van der Waals surface area contributed by atoms with E-state index in [1.165, 1.54) is 4.90 Å². The summed E-state index contributed by atoms with van der Waals surface area (Å²) >= 11 is 0. The Morgan fingerprint density at radius 3 is 2.25 bits per heavy atom. The number of nitrogens with zero attached hydrogens (tertiary/aromatic N) is 2. The van der Waals surface area contributed by atoms with Gasteiger partial charge in [-0.25, -0.2) is 4.90 Å². The topological polar surface area (TPSA) is 57.7 Å². The number of amides is 3. The largest absolute Gasteiger partial charge is 0.326 e. The van der Waals surface area contributed by atoms with Gasteiger partial charge in [0.2, 0.25) is 5.91 Å². The van der Waals surface area contributed by atoms with Crippen molar-refractivity contribution in [2.24, 2.45) is 0 Å². The Morgan fingerprint density at radius 2 is 1.56 bits per heavy atom. The third-order valence-corrected chi connectivity index (χ3v) is 5.91. The predicted molar refractivity (Wildman–Crippen MR) is 124 cm³/mol. The molecule has 3 aromatic rings. The molecule has 0 N–H and O–H groups in total. The highest BCUT2D eigenvalue weighted by Crippen LogP contribution is 2.27. The van der Waals surface area contributed by atoms with Gasteiger partial charge in [0.1, 0.15) is 6.04 Å². The molecule has 5 heteroatoms. The van der Waals surface area contributed by atoms with Crippen molar-refractivity contribution < 1.29 is 14.4 Å². The number of hydrogen-bond acceptors (Lipinski definition) is 3. The van der Waals surface area contributed by atoms with E-state index in [4.69, 9.17) is 0 Å². The Labute approximate surface area is 188 Å². The Kier molecular flexibility index (Phi) is 6.17. The van der Waals surface area contributed by atoms with E-state index in [-0.39, 0.29) is 24.1 Å². The van der Waals surface area contributed by atoms with E-state index in [1.54, 1.807) is 23.1 Å². The van der Waals surface area contributed by atoms with Crippen molar-refractivity contribution in [2.75, 3.05) is 11.4 Å². The number of carbonyl (C=O) groups excluding carboxylic acids is 3. The lowest BCUT2D eigenvalue weighted by atomic mass is 10.0. The van der Waals surface area contributed by atoms with Gasteiger partial charge in [0.05, 0.1) is 12.1 Å². The summed E-state index contributed by atoms with van der Waals surface area (Å²) < 4.78 is 0. The van der Waals surface area contributed by atoms with Crippen LogP contribution in [0.15, 0.2) is 78.9 Å². The van der Waals surface area contributed by atoms with Gasteiger partial charge < -0.3 is 4.90 Å². The molecule has 0 aromatic heterocycles. The smallest absolute Gasteiger partial charge is 0.257 e. The van der Waals surface area contributed by atoms with Crippen molar-refractivity contribution in [3.8, 4) is 0 Å². The molecule has 0 aliphatic carbocycles. The lowest BCUT2D eigenvalue weighted by Crippen LogP contribution is -2.46. The molecule has 1 atom stereocenters. The fourth-order valence-electron chi connectivity index (χ4n) is 4.09. The molecule has 1 heterocycles. The van der Waals surface area contributed by atoms with E-state index >= 15 is 0 Å². The van der Waals surface area contributed by atoms with Crippen LogP contribution in [0.3, 0.4) is 0 Å². The van der Waals surface area contributed by atoms with Crippen LogP contribution in [-0.2, 0) is 16.0 Å². The van der Waals surface area contributed by atoms with Crippen molar-refractivity contribution in [1.29, 1.82) is 0 Å². The first-order valence-electron chi connectivity index (χ1n) is 10.8. The van der Waals surface area contributed by atoms with Gasteiger partial charge >= 0.3 is 0 Å².